The minimum atomic E-state index is -0.223. The fourth-order valence-corrected chi connectivity index (χ4v) is 2.67. The first-order valence-electron chi connectivity index (χ1n) is 8.25. The third kappa shape index (κ3) is 6.27. The molecule has 0 saturated carbocycles. The van der Waals surface area contributed by atoms with Gasteiger partial charge in [-0.2, -0.15) is 0 Å². The van der Waals surface area contributed by atoms with Gasteiger partial charge in [0.25, 0.3) is 0 Å². The summed E-state index contributed by atoms with van der Waals surface area (Å²) in [5, 5.41) is 0. The van der Waals surface area contributed by atoms with E-state index in [0.29, 0.717) is 25.6 Å². The lowest BCUT2D eigenvalue weighted by atomic mass is 9.95. The smallest absolute Gasteiger partial charge is 0.307 e. The second-order valence-electron chi connectivity index (χ2n) is 6.01. The van der Waals surface area contributed by atoms with Gasteiger partial charge >= 0.3 is 5.97 Å². The average molecular weight is 315 g/mol. The van der Waals surface area contributed by atoms with E-state index in [1.807, 2.05) is 30.3 Å². The summed E-state index contributed by atoms with van der Waals surface area (Å²) in [6.07, 6.45) is 7.70. The van der Waals surface area contributed by atoms with Crippen molar-refractivity contribution >= 4 is 11.9 Å². The van der Waals surface area contributed by atoms with E-state index in [1.165, 1.54) is 6.92 Å². The van der Waals surface area contributed by atoms with Gasteiger partial charge in [-0.25, -0.2) is 0 Å². The molecule has 0 saturated heterocycles. The van der Waals surface area contributed by atoms with Gasteiger partial charge in [0.1, 0.15) is 0 Å². The number of carbonyl (C=O) groups is 2. The molecular weight excluding hydrogens is 290 g/mol. The number of rotatable bonds is 7. The maximum absolute atomic E-state index is 11.9. The number of ether oxygens (including phenoxy) is 1. The standard InChI is InChI=1S/C19H25NO3/c1-16(21)20(14-17-8-4-2-5-9-17)13-12-19(22)23-15-18-10-6-3-7-11-18/h2-6,8-9,18H,7,10-15H2,1H3. The summed E-state index contributed by atoms with van der Waals surface area (Å²) in [5.41, 5.74) is 1.06. The molecule has 0 aliphatic heterocycles. The van der Waals surface area contributed by atoms with Crippen molar-refractivity contribution < 1.29 is 14.3 Å². The van der Waals surface area contributed by atoms with Gasteiger partial charge in [-0.3, -0.25) is 9.59 Å². The van der Waals surface area contributed by atoms with E-state index in [9.17, 15) is 9.59 Å². The summed E-state index contributed by atoms with van der Waals surface area (Å²) in [6, 6.07) is 9.79. The Morgan fingerprint density at radius 3 is 2.65 bits per heavy atom. The van der Waals surface area contributed by atoms with E-state index in [2.05, 4.69) is 12.2 Å². The molecule has 4 nitrogen and oxygen atoms in total. The second kappa shape index (κ2) is 9.13. The number of carbonyl (C=O) groups excluding carboxylic acids is 2. The van der Waals surface area contributed by atoms with E-state index in [-0.39, 0.29) is 18.3 Å². The van der Waals surface area contributed by atoms with Crippen LogP contribution in [0.3, 0.4) is 0 Å². The number of nitrogens with zero attached hydrogens (tertiary/aromatic N) is 1. The Bertz CT molecular complexity index is 539. The lowest BCUT2D eigenvalue weighted by molar-refractivity contribution is -0.146. The fraction of sp³-hybridized carbons (Fsp3) is 0.474. The molecule has 1 unspecified atom stereocenters. The Morgan fingerprint density at radius 1 is 1.22 bits per heavy atom. The van der Waals surface area contributed by atoms with Crippen molar-refractivity contribution in [1.29, 1.82) is 0 Å². The quantitative estimate of drug-likeness (QED) is 0.573. The highest BCUT2D eigenvalue weighted by Gasteiger charge is 2.15. The number of hydrogen-bond acceptors (Lipinski definition) is 3. The number of benzene rings is 1. The van der Waals surface area contributed by atoms with Crippen LogP contribution in [0.1, 0.15) is 38.2 Å². The molecule has 1 aromatic carbocycles. The molecule has 0 bridgehead atoms. The molecule has 124 valence electrons. The highest BCUT2D eigenvalue weighted by Crippen LogP contribution is 2.18. The van der Waals surface area contributed by atoms with E-state index in [4.69, 9.17) is 4.74 Å². The molecule has 23 heavy (non-hydrogen) atoms. The predicted molar refractivity (Wildman–Crippen MR) is 89.6 cm³/mol. The highest BCUT2D eigenvalue weighted by molar-refractivity contribution is 5.75. The number of amides is 1. The van der Waals surface area contributed by atoms with Gasteiger partial charge in [-0.05, 0) is 30.7 Å². The zero-order valence-electron chi connectivity index (χ0n) is 13.7. The van der Waals surface area contributed by atoms with Crippen molar-refractivity contribution in [3.63, 3.8) is 0 Å². The second-order valence-corrected chi connectivity index (χ2v) is 6.01. The summed E-state index contributed by atoms with van der Waals surface area (Å²) >= 11 is 0. The first-order chi connectivity index (χ1) is 11.1. The molecule has 2 rings (SSSR count). The van der Waals surface area contributed by atoms with Gasteiger partial charge in [-0.1, -0.05) is 42.5 Å². The fourth-order valence-electron chi connectivity index (χ4n) is 2.67. The normalized spacial score (nSPS) is 16.8. The Kier molecular flexibility index (Phi) is 6.85. The third-order valence-electron chi connectivity index (χ3n) is 4.11. The van der Waals surface area contributed by atoms with Crippen molar-refractivity contribution in [1.82, 2.24) is 4.90 Å². The summed E-state index contributed by atoms with van der Waals surface area (Å²) in [5.74, 6) is 0.190. The summed E-state index contributed by atoms with van der Waals surface area (Å²) in [6.45, 7) is 2.94. The van der Waals surface area contributed by atoms with Crippen LogP contribution in [0.5, 0.6) is 0 Å². The van der Waals surface area contributed by atoms with Gasteiger partial charge in [0.2, 0.25) is 5.91 Å². The summed E-state index contributed by atoms with van der Waals surface area (Å²) in [7, 11) is 0. The lowest BCUT2D eigenvalue weighted by Crippen LogP contribution is -2.31. The molecular formula is C19H25NO3. The van der Waals surface area contributed by atoms with Crippen molar-refractivity contribution in [2.45, 2.75) is 39.2 Å². The SMILES string of the molecule is CC(=O)N(CCC(=O)OCC1CC=CCC1)Cc1ccccc1. The summed E-state index contributed by atoms with van der Waals surface area (Å²) < 4.78 is 5.35. The Hall–Kier alpha value is -2.10. The van der Waals surface area contributed by atoms with E-state index < -0.39 is 0 Å². The van der Waals surface area contributed by atoms with E-state index >= 15 is 0 Å². The van der Waals surface area contributed by atoms with Crippen LogP contribution >= 0.6 is 0 Å². The first-order valence-corrected chi connectivity index (χ1v) is 8.25. The first kappa shape index (κ1) is 17.3. The van der Waals surface area contributed by atoms with E-state index in [0.717, 1.165) is 24.8 Å². The molecule has 1 amide bonds. The van der Waals surface area contributed by atoms with Crippen LogP contribution < -0.4 is 0 Å². The highest BCUT2D eigenvalue weighted by atomic mass is 16.5. The third-order valence-corrected chi connectivity index (χ3v) is 4.11. The average Bonchev–Trinajstić information content (AvgIpc) is 2.58. The van der Waals surface area contributed by atoms with Crippen molar-refractivity contribution in [2.75, 3.05) is 13.2 Å². The van der Waals surface area contributed by atoms with Gasteiger partial charge < -0.3 is 9.64 Å². The van der Waals surface area contributed by atoms with Crippen LogP contribution in [0.25, 0.3) is 0 Å². The molecule has 1 atom stereocenters. The molecule has 0 heterocycles. The number of esters is 1. The molecule has 0 fully saturated rings. The monoisotopic (exact) mass is 315 g/mol. The Morgan fingerprint density at radius 2 is 2.00 bits per heavy atom. The molecule has 4 heteroatoms. The van der Waals surface area contributed by atoms with Gasteiger partial charge in [0, 0.05) is 20.0 Å². The minimum Gasteiger partial charge on any atom is -0.465 e. The Labute approximate surface area is 138 Å². The van der Waals surface area contributed by atoms with Gasteiger partial charge in [0.15, 0.2) is 0 Å². The number of allylic oxidation sites excluding steroid dienone is 2. The summed E-state index contributed by atoms with van der Waals surface area (Å²) in [4.78, 5) is 25.3. The molecule has 0 aromatic heterocycles. The van der Waals surface area contributed by atoms with Crippen LogP contribution in [0.15, 0.2) is 42.5 Å². The molecule has 1 aliphatic rings. The predicted octanol–water partition coefficient (Wildman–Crippen LogP) is 3.32. The van der Waals surface area contributed by atoms with Gasteiger partial charge in [-0.15, -0.1) is 0 Å². The zero-order valence-corrected chi connectivity index (χ0v) is 13.7. The molecule has 0 radical (unpaired) electrons. The van der Waals surface area contributed by atoms with Crippen LogP contribution in [-0.2, 0) is 20.9 Å². The van der Waals surface area contributed by atoms with Crippen LogP contribution in [0, 0.1) is 5.92 Å². The molecule has 1 aromatic rings. The van der Waals surface area contributed by atoms with Gasteiger partial charge in [0.05, 0.1) is 13.0 Å². The van der Waals surface area contributed by atoms with Crippen LogP contribution in [0.2, 0.25) is 0 Å². The largest absolute Gasteiger partial charge is 0.465 e. The van der Waals surface area contributed by atoms with E-state index in [1.54, 1.807) is 4.90 Å². The number of hydrogen-bond donors (Lipinski definition) is 0. The maximum Gasteiger partial charge on any atom is 0.307 e. The van der Waals surface area contributed by atoms with Crippen molar-refractivity contribution in [3.8, 4) is 0 Å². The van der Waals surface area contributed by atoms with Crippen molar-refractivity contribution in [3.05, 3.63) is 48.0 Å². The molecule has 1 aliphatic carbocycles. The molecule has 0 spiro atoms. The van der Waals surface area contributed by atoms with Crippen molar-refractivity contribution in [2.24, 2.45) is 5.92 Å². The lowest BCUT2D eigenvalue weighted by Gasteiger charge is -2.21. The van der Waals surface area contributed by atoms with Crippen LogP contribution in [-0.4, -0.2) is 29.9 Å². The topological polar surface area (TPSA) is 46.6 Å². The zero-order chi connectivity index (χ0) is 16.5. The maximum atomic E-state index is 11.9. The Balaban J connectivity index is 1.73. The van der Waals surface area contributed by atoms with Crippen LogP contribution in [0.4, 0.5) is 0 Å². The minimum absolute atomic E-state index is 0.0286. The molecule has 0 N–H and O–H groups in total.